The minimum atomic E-state index is -0.380. The third kappa shape index (κ3) is 5.13. The van der Waals surface area contributed by atoms with Gasteiger partial charge in [0, 0.05) is 49.7 Å². The largest absolute Gasteiger partial charge is 0.490 e. The molecular formula is C24H28N4O3. The molecule has 2 aromatic carbocycles. The van der Waals surface area contributed by atoms with Gasteiger partial charge in [-0.15, -0.1) is 0 Å². The number of hydrogen-bond donors (Lipinski definition) is 2. The molecule has 0 saturated carbocycles. The number of carbonyl (C=O) groups excluding carboxylic acids is 1. The summed E-state index contributed by atoms with van der Waals surface area (Å²) >= 11 is 0. The molecular weight excluding hydrogens is 392 g/mol. The van der Waals surface area contributed by atoms with Gasteiger partial charge in [0.05, 0.1) is 5.69 Å². The number of pyridine rings is 1. The fourth-order valence-corrected chi connectivity index (χ4v) is 3.72. The molecule has 0 unspecified atom stereocenters. The Hall–Kier alpha value is -3.16. The number of anilines is 1. The van der Waals surface area contributed by atoms with Gasteiger partial charge in [0.15, 0.2) is 5.43 Å². The molecule has 2 heterocycles. The molecule has 1 fully saturated rings. The third-order valence-electron chi connectivity index (χ3n) is 5.63. The predicted octanol–water partition coefficient (Wildman–Crippen LogP) is 2.72. The molecule has 1 saturated heterocycles. The minimum absolute atomic E-state index is 0.181. The van der Waals surface area contributed by atoms with E-state index in [0.29, 0.717) is 28.9 Å². The molecule has 0 aliphatic carbocycles. The average Bonchev–Trinajstić information content (AvgIpc) is 2.76. The molecule has 7 nitrogen and oxygen atoms in total. The number of aromatic nitrogens is 1. The molecule has 162 valence electrons. The minimum Gasteiger partial charge on any atom is -0.490 e. The summed E-state index contributed by atoms with van der Waals surface area (Å²) in [4.78, 5) is 33.0. The molecule has 0 radical (unpaired) electrons. The van der Waals surface area contributed by atoms with Gasteiger partial charge in [0.2, 0.25) is 0 Å². The Balaban J connectivity index is 1.43. The second kappa shape index (κ2) is 9.32. The first-order valence-corrected chi connectivity index (χ1v) is 10.6. The van der Waals surface area contributed by atoms with Crippen molar-refractivity contribution in [3.05, 3.63) is 70.0 Å². The van der Waals surface area contributed by atoms with E-state index in [9.17, 15) is 9.59 Å². The van der Waals surface area contributed by atoms with Crippen LogP contribution in [0.1, 0.15) is 16.1 Å². The van der Waals surface area contributed by atoms with E-state index >= 15 is 0 Å². The molecule has 1 aliphatic heterocycles. The summed E-state index contributed by atoms with van der Waals surface area (Å²) in [6, 6.07) is 14.2. The topological polar surface area (TPSA) is 77.7 Å². The maximum Gasteiger partial charge on any atom is 0.272 e. The number of aryl methyl sites for hydroxylation is 1. The van der Waals surface area contributed by atoms with Crippen LogP contribution in [0.15, 0.2) is 53.3 Å². The summed E-state index contributed by atoms with van der Waals surface area (Å²) < 4.78 is 5.97. The van der Waals surface area contributed by atoms with Crippen LogP contribution in [0.4, 0.5) is 5.69 Å². The monoisotopic (exact) mass is 420 g/mol. The molecule has 2 N–H and O–H groups in total. The van der Waals surface area contributed by atoms with Gasteiger partial charge in [-0.3, -0.25) is 14.5 Å². The maximum absolute atomic E-state index is 12.8. The van der Waals surface area contributed by atoms with Crippen LogP contribution >= 0.6 is 0 Å². The highest BCUT2D eigenvalue weighted by atomic mass is 16.5. The molecule has 0 bridgehead atoms. The lowest BCUT2D eigenvalue weighted by atomic mass is 10.1. The molecule has 0 atom stereocenters. The SMILES string of the molecule is Cc1ccc2[nH]c(C(=O)Nc3ccccc3OCCN3CCN(C)CC3)cc(=O)c2c1. The van der Waals surface area contributed by atoms with Crippen molar-refractivity contribution in [2.24, 2.45) is 0 Å². The summed E-state index contributed by atoms with van der Waals surface area (Å²) in [5.41, 5.74) is 2.25. The fourth-order valence-electron chi connectivity index (χ4n) is 3.72. The summed E-state index contributed by atoms with van der Waals surface area (Å²) in [5, 5.41) is 3.44. The second-order valence-electron chi connectivity index (χ2n) is 8.04. The van der Waals surface area contributed by atoms with Gasteiger partial charge < -0.3 is 19.9 Å². The van der Waals surface area contributed by atoms with Gasteiger partial charge in [-0.1, -0.05) is 23.8 Å². The van der Waals surface area contributed by atoms with Crippen LogP contribution in [-0.4, -0.2) is 67.1 Å². The predicted molar refractivity (Wildman–Crippen MR) is 123 cm³/mol. The molecule has 1 aliphatic rings. The number of para-hydroxylation sites is 2. The Morgan fingerprint density at radius 2 is 1.87 bits per heavy atom. The van der Waals surface area contributed by atoms with Crippen molar-refractivity contribution in [2.45, 2.75) is 6.92 Å². The Morgan fingerprint density at radius 3 is 2.68 bits per heavy atom. The van der Waals surface area contributed by atoms with Crippen LogP contribution in [0.25, 0.3) is 10.9 Å². The average molecular weight is 421 g/mol. The number of hydrogen-bond acceptors (Lipinski definition) is 5. The standard InChI is InChI=1S/C24H28N4O3/c1-17-7-8-19-18(15-17)22(29)16-21(25-19)24(30)26-20-5-3-4-6-23(20)31-14-13-28-11-9-27(2)10-12-28/h3-8,15-16H,9-14H2,1-2H3,(H,25,29)(H,26,30). The molecule has 4 rings (SSSR count). The number of nitrogens with one attached hydrogen (secondary N) is 2. The van der Waals surface area contributed by atoms with Gasteiger partial charge in [-0.05, 0) is 38.2 Å². The van der Waals surface area contributed by atoms with E-state index in [2.05, 4.69) is 27.1 Å². The number of benzene rings is 2. The number of likely N-dealkylation sites (N-methyl/N-ethyl adjacent to an activating group) is 1. The maximum atomic E-state index is 12.8. The zero-order valence-corrected chi connectivity index (χ0v) is 18.0. The number of rotatable bonds is 6. The lowest BCUT2D eigenvalue weighted by Gasteiger charge is -2.32. The highest BCUT2D eigenvalue weighted by Gasteiger charge is 2.15. The Morgan fingerprint density at radius 1 is 1.10 bits per heavy atom. The third-order valence-corrected chi connectivity index (χ3v) is 5.63. The zero-order chi connectivity index (χ0) is 21.8. The number of piperazine rings is 1. The normalized spacial score (nSPS) is 15.2. The number of aromatic amines is 1. The quantitative estimate of drug-likeness (QED) is 0.641. The first kappa shape index (κ1) is 21.1. The first-order chi connectivity index (χ1) is 15.0. The number of fused-ring (bicyclic) bond motifs is 1. The van der Waals surface area contributed by atoms with Gasteiger partial charge in [-0.25, -0.2) is 0 Å². The van der Waals surface area contributed by atoms with Crippen molar-refractivity contribution in [3.63, 3.8) is 0 Å². The van der Waals surface area contributed by atoms with Crippen molar-refractivity contribution in [1.29, 1.82) is 0 Å². The van der Waals surface area contributed by atoms with Crippen molar-refractivity contribution in [2.75, 3.05) is 51.7 Å². The lowest BCUT2D eigenvalue weighted by Crippen LogP contribution is -2.45. The van der Waals surface area contributed by atoms with Gasteiger partial charge in [-0.2, -0.15) is 0 Å². The number of H-pyrrole nitrogens is 1. The molecule has 31 heavy (non-hydrogen) atoms. The molecule has 1 aromatic heterocycles. The van der Waals surface area contributed by atoms with E-state index < -0.39 is 0 Å². The van der Waals surface area contributed by atoms with Crippen LogP contribution in [0.3, 0.4) is 0 Å². The van der Waals surface area contributed by atoms with Gasteiger partial charge in [0.25, 0.3) is 5.91 Å². The molecule has 3 aromatic rings. The van der Waals surface area contributed by atoms with Crippen LogP contribution < -0.4 is 15.5 Å². The Kier molecular flexibility index (Phi) is 6.34. The van der Waals surface area contributed by atoms with Crippen molar-refractivity contribution in [1.82, 2.24) is 14.8 Å². The van der Waals surface area contributed by atoms with Crippen molar-refractivity contribution < 1.29 is 9.53 Å². The molecule has 7 heteroatoms. The van der Waals surface area contributed by atoms with E-state index in [1.807, 2.05) is 43.3 Å². The van der Waals surface area contributed by atoms with E-state index in [-0.39, 0.29) is 17.0 Å². The van der Waals surface area contributed by atoms with Gasteiger partial charge in [0.1, 0.15) is 18.1 Å². The smallest absolute Gasteiger partial charge is 0.272 e. The van der Waals surface area contributed by atoms with Crippen LogP contribution in [-0.2, 0) is 0 Å². The number of ether oxygens (including phenoxy) is 1. The summed E-state index contributed by atoms with van der Waals surface area (Å²) in [6.07, 6.45) is 0. The lowest BCUT2D eigenvalue weighted by molar-refractivity contribution is 0.102. The molecule has 0 spiro atoms. The highest BCUT2D eigenvalue weighted by Crippen LogP contribution is 2.24. The van der Waals surface area contributed by atoms with E-state index in [1.54, 1.807) is 6.07 Å². The summed E-state index contributed by atoms with van der Waals surface area (Å²) in [5.74, 6) is 0.235. The number of carbonyl (C=O) groups is 1. The van der Waals surface area contributed by atoms with Crippen LogP contribution in [0.2, 0.25) is 0 Å². The van der Waals surface area contributed by atoms with E-state index in [0.717, 1.165) is 38.3 Å². The van der Waals surface area contributed by atoms with Gasteiger partial charge >= 0.3 is 0 Å². The second-order valence-corrected chi connectivity index (χ2v) is 8.04. The van der Waals surface area contributed by atoms with Crippen molar-refractivity contribution >= 4 is 22.5 Å². The Labute approximate surface area is 181 Å². The summed E-state index contributed by atoms with van der Waals surface area (Å²) in [6.45, 7) is 7.52. The first-order valence-electron chi connectivity index (χ1n) is 10.6. The fraction of sp³-hybridized carbons (Fsp3) is 0.333. The van der Waals surface area contributed by atoms with Crippen molar-refractivity contribution in [3.8, 4) is 5.75 Å². The Bertz CT molecular complexity index is 1130. The zero-order valence-electron chi connectivity index (χ0n) is 18.0. The number of amides is 1. The molecule has 1 amide bonds. The van der Waals surface area contributed by atoms with Crippen LogP contribution in [0, 0.1) is 6.92 Å². The summed E-state index contributed by atoms with van der Waals surface area (Å²) in [7, 11) is 2.14. The highest BCUT2D eigenvalue weighted by molar-refractivity contribution is 6.04. The van der Waals surface area contributed by atoms with Crippen LogP contribution in [0.5, 0.6) is 5.75 Å². The van der Waals surface area contributed by atoms with E-state index in [1.165, 1.54) is 6.07 Å². The van der Waals surface area contributed by atoms with E-state index in [4.69, 9.17) is 4.74 Å². The number of nitrogens with zero attached hydrogens (tertiary/aromatic N) is 2.